The van der Waals surface area contributed by atoms with Crippen molar-refractivity contribution < 1.29 is 9.47 Å². The van der Waals surface area contributed by atoms with Crippen LogP contribution in [0.3, 0.4) is 0 Å². The van der Waals surface area contributed by atoms with Crippen LogP contribution in [0.1, 0.15) is 244 Å². The molecular formula is C66H94N2O2S2. The van der Waals surface area contributed by atoms with E-state index in [2.05, 4.69) is 87.0 Å². The molecule has 6 aromatic rings. The van der Waals surface area contributed by atoms with Gasteiger partial charge in [-0.3, -0.25) is 0 Å². The molecule has 1 aliphatic carbocycles. The summed E-state index contributed by atoms with van der Waals surface area (Å²) in [6.07, 6.45) is 43.9. The molecule has 4 nitrogen and oxygen atoms in total. The maximum atomic E-state index is 7.29. The van der Waals surface area contributed by atoms with Gasteiger partial charge in [-0.1, -0.05) is 244 Å². The Kier molecular flexibility index (Phi) is 24.8. The SMILES string of the molecule is CCCCCCCCCCCCc1csc(-c2c(OCCCCCCCC)c(OCCCCCCCC)c(-c3cc(CCCCCCCCCCCC)cs3)c3nc4c(nc23)-c2cccc3cccc-4c23)c1. The normalized spacial score (nSPS) is 11.9. The van der Waals surface area contributed by atoms with Crippen molar-refractivity contribution in [1.82, 2.24) is 9.97 Å². The van der Waals surface area contributed by atoms with E-state index in [4.69, 9.17) is 19.4 Å². The fraction of sp³-hybridized carbons (Fsp3) is 0.606. The van der Waals surface area contributed by atoms with Crippen LogP contribution in [0.5, 0.6) is 11.5 Å². The highest BCUT2D eigenvalue weighted by molar-refractivity contribution is 7.14. The third kappa shape index (κ3) is 16.1. The number of fused-ring (bicyclic) bond motifs is 4. The summed E-state index contributed by atoms with van der Waals surface area (Å²) in [6, 6.07) is 18.3. The van der Waals surface area contributed by atoms with Gasteiger partial charge in [-0.15, -0.1) is 22.7 Å². The highest BCUT2D eigenvalue weighted by Crippen LogP contribution is 2.55. The molecule has 3 aromatic heterocycles. The number of hydrogen-bond donors (Lipinski definition) is 0. The number of aryl methyl sites for hydroxylation is 2. The van der Waals surface area contributed by atoms with Crippen LogP contribution in [0.15, 0.2) is 59.3 Å². The van der Waals surface area contributed by atoms with Crippen LogP contribution in [0, 0.1) is 0 Å². The van der Waals surface area contributed by atoms with E-state index in [1.165, 1.54) is 235 Å². The van der Waals surface area contributed by atoms with E-state index in [-0.39, 0.29) is 0 Å². The van der Waals surface area contributed by atoms with Crippen LogP contribution in [0.2, 0.25) is 0 Å². The fourth-order valence-corrected chi connectivity index (χ4v) is 13.1. The molecule has 3 heterocycles. The summed E-state index contributed by atoms with van der Waals surface area (Å²) in [4.78, 5) is 14.1. The van der Waals surface area contributed by atoms with Crippen molar-refractivity contribution in [2.45, 2.75) is 246 Å². The minimum atomic E-state index is 0.659. The number of hydrogen-bond acceptors (Lipinski definition) is 6. The van der Waals surface area contributed by atoms with Crippen molar-refractivity contribution in [3.05, 3.63) is 70.4 Å². The summed E-state index contributed by atoms with van der Waals surface area (Å²) < 4.78 is 14.6. The molecule has 1 aliphatic rings. The van der Waals surface area contributed by atoms with Crippen molar-refractivity contribution >= 4 is 44.5 Å². The van der Waals surface area contributed by atoms with Gasteiger partial charge in [0, 0.05) is 26.3 Å². The molecule has 0 aliphatic heterocycles. The van der Waals surface area contributed by atoms with E-state index < -0.39 is 0 Å². The first-order chi connectivity index (χ1) is 35.7. The second kappa shape index (κ2) is 31.9. The lowest BCUT2D eigenvalue weighted by molar-refractivity contribution is 0.260. The number of aromatic nitrogens is 2. The Labute approximate surface area is 446 Å². The summed E-state index contributed by atoms with van der Waals surface area (Å²) in [5.41, 5.74) is 11.2. The van der Waals surface area contributed by atoms with Crippen LogP contribution >= 0.6 is 22.7 Å². The second-order valence-electron chi connectivity index (χ2n) is 21.5. The molecule has 0 saturated heterocycles. The smallest absolute Gasteiger partial charge is 0.172 e. The predicted molar refractivity (Wildman–Crippen MR) is 317 cm³/mol. The largest absolute Gasteiger partial charge is 0.489 e. The number of thiophene rings is 2. The van der Waals surface area contributed by atoms with Crippen LogP contribution in [-0.2, 0) is 12.8 Å². The molecular weight excluding hydrogens is 917 g/mol. The zero-order valence-corrected chi connectivity index (χ0v) is 47.4. The molecule has 7 rings (SSSR count). The first kappa shape index (κ1) is 56.0. The topological polar surface area (TPSA) is 44.2 Å². The molecule has 6 heteroatoms. The second-order valence-corrected chi connectivity index (χ2v) is 23.3. The van der Waals surface area contributed by atoms with Crippen LogP contribution in [0.4, 0.5) is 0 Å². The first-order valence-electron chi connectivity index (χ1n) is 30.0. The van der Waals surface area contributed by atoms with Gasteiger partial charge in [0.15, 0.2) is 11.5 Å². The molecule has 72 heavy (non-hydrogen) atoms. The maximum absolute atomic E-state index is 7.29. The minimum absolute atomic E-state index is 0.659. The van der Waals surface area contributed by atoms with Crippen molar-refractivity contribution in [2.75, 3.05) is 13.2 Å². The Hall–Kier alpha value is -3.74. The zero-order valence-electron chi connectivity index (χ0n) is 45.8. The molecule has 0 radical (unpaired) electrons. The molecule has 0 amide bonds. The van der Waals surface area contributed by atoms with Crippen molar-refractivity contribution in [2.24, 2.45) is 0 Å². The lowest BCUT2D eigenvalue weighted by Crippen LogP contribution is -2.07. The van der Waals surface area contributed by atoms with E-state index in [0.717, 1.165) is 70.7 Å². The van der Waals surface area contributed by atoms with Gasteiger partial charge in [0.1, 0.15) is 11.0 Å². The summed E-state index contributed by atoms with van der Waals surface area (Å²) >= 11 is 3.71. The van der Waals surface area contributed by atoms with Crippen molar-refractivity contribution in [3.63, 3.8) is 0 Å². The lowest BCUT2D eigenvalue weighted by atomic mass is 9.99. The van der Waals surface area contributed by atoms with Gasteiger partial charge in [0.25, 0.3) is 0 Å². The van der Waals surface area contributed by atoms with Gasteiger partial charge < -0.3 is 9.47 Å². The summed E-state index contributed by atoms with van der Waals surface area (Å²) in [6.45, 7) is 10.5. The number of ether oxygens (including phenoxy) is 2. The Balaban J connectivity index is 1.26. The molecule has 0 atom stereocenters. The molecule has 3 aromatic carbocycles. The predicted octanol–water partition coefficient (Wildman–Crippen LogP) is 22.3. The molecule has 0 unspecified atom stereocenters. The highest BCUT2D eigenvalue weighted by atomic mass is 32.1. The molecule has 392 valence electrons. The van der Waals surface area contributed by atoms with Crippen molar-refractivity contribution in [3.8, 4) is 54.9 Å². The summed E-state index contributed by atoms with van der Waals surface area (Å²) in [5.74, 6) is 1.74. The van der Waals surface area contributed by atoms with Gasteiger partial charge in [-0.05, 0) is 77.9 Å². The monoisotopic (exact) mass is 1010 g/mol. The van der Waals surface area contributed by atoms with Crippen molar-refractivity contribution in [1.29, 1.82) is 0 Å². The first-order valence-corrected chi connectivity index (χ1v) is 31.8. The number of unbranched alkanes of at least 4 members (excludes halogenated alkanes) is 28. The van der Waals surface area contributed by atoms with E-state index in [1.807, 2.05) is 22.7 Å². The van der Waals surface area contributed by atoms with Gasteiger partial charge >= 0.3 is 0 Å². The van der Waals surface area contributed by atoms with Gasteiger partial charge in [-0.2, -0.15) is 0 Å². The minimum Gasteiger partial charge on any atom is -0.489 e. The van der Waals surface area contributed by atoms with E-state index in [9.17, 15) is 0 Å². The van der Waals surface area contributed by atoms with E-state index >= 15 is 0 Å². The average Bonchev–Trinajstić information content (AvgIpc) is 4.15. The Bertz CT molecular complexity index is 2320. The van der Waals surface area contributed by atoms with E-state index in [0.29, 0.717) is 13.2 Å². The fourth-order valence-electron chi connectivity index (χ4n) is 11.1. The van der Waals surface area contributed by atoms with Crippen LogP contribution in [-0.4, -0.2) is 23.2 Å². The number of benzene rings is 3. The average molecular weight is 1010 g/mol. The summed E-state index contributed by atoms with van der Waals surface area (Å²) in [5, 5.41) is 7.32. The molecule has 0 N–H and O–H groups in total. The Morgan fingerprint density at radius 1 is 0.389 bits per heavy atom. The lowest BCUT2D eigenvalue weighted by Gasteiger charge is -2.22. The van der Waals surface area contributed by atoms with E-state index in [1.54, 1.807) is 0 Å². The zero-order chi connectivity index (χ0) is 50.0. The highest BCUT2D eigenvalue weighted by Gasteiger charge is 2.32. The molecule has 0 spiro atoms. The molecule has 0 bridgehead atoms. The molecule has 0 saturated carbocycles. The summed E-state index contributed by atoms with van der Waals surface area (Å²) in [7, 11) is 0. The number of rotatable bonds is 40. The quantitative estimate of drug-likeness (QED) is 0.0359. The maximum Gasteiger partial charge on any atom is 0.172 e. The Morgan fingerprint density at radius 2 is 0.722 bits per heavy atom. The third-order valence-corrected chi connectivity index (χ3v) is 17.4. The standard InChI is InChI=1S/C66H94N2O2S2/c1-5-9-13-17-21-23-25-27-29-33-39-51-47-56(71-49-51)59-63-64(68-62-55-44-38-42-53-41-37-43-54(58(53)55)61(62)67-63)60(57-48-52(50-72-57)40-34-30-28-26-24-22-18-14-10-6-2)66(70-46-36-32-20-16-12-8-4)65(59)69-45-35-31-19-15-11-7-3/h37-38,41-44,47-50H,5-36,39-40,45-46H2,1-4H3. The van der Waals surface area contributed by atoms with Crippen LogP contribution < -0.4 is 9.47 Å². The third-order valence-electron chi connectivity index (χ3n) is 15.4. The van der Waals surface area contributed by atoms with Gasteiger partial charge in [0.2, 0.25) is 0 Å². The van der Waals surface area contributed by atoms with Gasteiger partial charge in [-0.25, -0.2) is 9.97 Å². The number of nitrogens with zero attached hydrogens (tertiary/aromatic N) is 2. The van der Waals surface area contributed by atoms with Crippen LogP contribution in [0.25, 0.3) is 65.2 Å². The van der Waals surface area contributed by atoms with Gasteiger partial charge in [0.05, 0.1) is 35.7 Å². The molecule has 0 fully saturated rings. The Morgan fingerprint density at radius 3 is 1.08 bits per heavy atom.